The predicted octanol–water partition coefficient (Wildman–Crippen LogP) is 10.1. The molecule has 0 aliphatic rings. The third-order valence-electron chi connectivity index (χ3n) is 10.1. The van der Waals surface area contributed by atoms with Crippen LogP contribution >= 0.6 is 0 Å². The maximum atomic E-state index is 12.0. The fourth-order valence-electron chi connectivity index (χ4n) is 7.00. The summed E-state index contributed by atoms with van der Waals surface area (Å²) in [5.74, 6) is -0.851. The first kappa shape index (κ1) is 49.2. The van der Waals surface area contributed by atoms with Gasteiger partial charge in [-0.15, -0.1) is 0 Å². The van der Waals surface area contributed by atoms with Crippen molar-refractivity contribution in [3.05, 3.63) is 0 Å². The van der Waals surface area contributed by atoms with E-state index in [2.05, 4.69) is 25.7 Å². The number of carboxylic acid groups (broad SMARTS) is 1. The summed E-state index contributed by atoms with van der Waals surface area (Å²) >= 11 is 0. The fraction of sp³-hybridized carbons (Fsp3) is 0.976. The van der Waals surface area contributed by atoms with Gasteiger partial charge in [0, 0.05) is 6.04 Å². The topological polar surface area (TPSA) is 43.4 Å². The molecule has 0 radical (unpaired) electrons. The Bertz CT molecular complexity index is 536. The first-order chi connectivity index (χ1) is 22.2. The molecule has 0 aliphatic carbocycles. The van der Waals surface area contributed by atoms with Crippen LogP contribution < -0.4 is 56.5 Å². The summed E-state index contributed by atoms with van der Waals surface area (Å²) < 4.78 is 0. The molecule has 3 nitrogen and oxygen atoms in total. The van der Waals surface area contributed by atoms with E-state index in [1.807, 2.05) is 0 Å². The van der Waals surface area contributed by atoms with E-state index in [0.717, 1.165) is 45.2 Å². The van der Waals surface area contributed by atoms with Crippen molar-refractivity contribution in [2.45, 2.75) is 252 Å². The van der Waals surface area contributed by atoms with Gasteiger partial charge in [-0.1, -0.05) is 226 Å². The molecule has 4 heteroatoms. The Morgan fingerprint density at radius 1 is 0.391 bits per heavy atom. The Hall–Kier alpha value is 1.07. The van der Waals surface area contributed by atoms with Gasteiger partial charge < -0.3 is 9.90 Å². The van der Waals surface area contributed by atoms with Crippen LogP contribution in [0.3, 0.4) is 0 Å². The van der Waals surface area contributed by atoms with E-state index >= 15 is 0 Å². The SMILES string of the molecule is CCCCCCCCCCCCCCCCCCN(CCCCCCCCCCCCCCCCCC)C(CCCC)C(=O)[O-].[K+]. The first-order valence-electron chi connectivity index (χ1n) is 21.1. The zero-order chi connectivity index (χ0) is 32.9. The van der Waals surface area contributed by atoms with Crippen molar-refractivity contribution in [1.82, 2.24) is 4.90 Å². The van der Waals surface area contributed by atoms with Crippen molar-refractivity contribution >= 4 is 5.97 Å². The summed E-state index contributed by atoms with van der Waals surface area (Å²) in [5.41, 5.74) is 0. The second kappa shape index (κ2) is 42.2. The van der Waals surface area contributed by atoms with Gasteiger partial charge in [-0.05, 0) is 32.4 Å². The van der Waals surface area contributed by atoms with Gasteiger partial charge in [-0.2, -0.15) is 0 Å². The molecule has 0 aromatic heterocycles. The van der Waals surface area contributed by atoms with E-state index < -0.39 is 12.0 Å². The standard InChI is InChI=1S/C42H85NO2.K/c1-4-7-10-12-14-16-18-20-22-24-26-28-30-32-34-36-39-43(41(42(44)45)38-9-6-3)40-37-35-33-31-29-27-25-23-21-19-17-15-13-11-8-5-2;/h41H,4-40H2,1-3H3,(H,44,45);/q;+1/p-1. The Kier molecular flexibility index (Phi) is 45.2. The monoisotopic (exact) mass is 674 g/mol. The Labute approximate surface area is 333 Å². The smallest absolute Gasteiger partial charge is 0.548 e. The van der Waals surface area contributed by atoms with Crippen LogP contribution in [0.5, 0.6) is 0 Å². The third kappa shape index (κ3) is 36.3. The molecule has 0 aliphatic heterocycles. The number of carbonyl (C=O) groups is 1. The van der Waals surface area contributed by atoms with E-state index in [4.69, 9.17) is 0 Å². The third-order valence-corrected chi connectivity index (χ3v) is 10.1. The number of hydrogen-bond donors (Lipinski definition) is 0. The summed E-state index contributed by atoms with van der Waals surface area (Å²) in [6, 6.07) is -0.391. The molecule has 1 atom stereocenters. The van der Waals surface area contributed by atoms with Gasteiger partial charge in [-0.3, -0.25) is 4.90 Å². The molecule has 0 N–H and O–H groups in total. The van der Waals surface area contributed by atoms with Crippen LogP contribution in [0.25, 0.3) is 0 Å². The van der Waals surface area contributed by atoms with Gasteiger partial charge in [0.25, 0.3) is 0 Å². The zero-order valence-corrected chi connectivity index (χ0v) is 35.6. The molecule has 0 aromatic carbocycles. The summed E-state index contributed by atoms with van der Waals surface area (Å²) in [4.78, 5) is 14.3. The van der Waals surface area contributed by atoms with Gasteiger partial charge >= 0.3 is 51.4 Å². The molecular weight excluding hydrogens is 590 g/mol. The maximum absolute atomic E-state index is 12.0. The van der Waals surface area contributed by atoms with Crippen molar-refractivity contribution in [3.63, 3.8) is 0 Å². The zero-order valence-electron chi connectivity index (χ0n) is 32.5. The number of carboxylic acids is 1. The number of nitrogens with zero attached hydrogens (tertiary/aromatic N) is 1. The minimum Gasteiger partial charge on any atom is -0.548 e. The second-order valence-corrected chi connectivity index (χ2v) is 14.6. The minimum absolute atomic E-state index is 0. The van der Waals surface area contributed by atoms with Crippen molar-refractivity contribution in [2.75, 3.05) is 13.1 Å². The predicted molar refractivity (Wildman–Crippen MR) is 199 cm³/mol. The molecule has 0 heterocycles. The Morgan fingerprint density at radius 2 is 0.609 bits per heavy atom. The van der Waals surface area contributed by atoms with Gasteiger partial charge in [0.05, 0.1) is 5.97 Å². The van der Waals surface area contributed by atoms with E-state index in [-0.39, 0.29) is 51.4 Å². The first-order valence-corrected chi connectivity index (χ1v) is 21.1. The number of unbranched alkanes of at least 4 members (excludes halogenated alkanes) is 31. The summed E-state index contributed by atoms with van der Waals surface area (Å²) in [6.45, 7) is 8.60. The second-order valence-electron chi connectivity index (χ2n) is 14.6. The molecule has 270 valence electrons. The summed E-state index contributed by atoms with van der Waals surface area (Å²) in [7, 11) is 0. The van der Waals surface area contributed by atoms with Gasteiger partial charge in [0.2, 0.25) is 0 Å². The van der Waals surface area contributed by atoms with Crippen LogP contribution in [0, 0.1) is 0 Å². The number of carbonyl (C=O) groups excluding carboxylic acids is 1. The maximum Gasteiger partial charge on any atom is 1.00 e. The van der Waals surface area contributed by atoms with E-state index in [0.29, 0.717) is 0 Å². The van der Waals surface area contributed by atoms with Crippen LogP contribution in [-0.4, -0.2) is 30.0 Å². The fourth-order valence-corrected chi connectivity index (χ4v) is 7.00. The Morgan fingerprint density at radius 3 is 0.826 bits per heavy atom. The molecule has 0 rings (SSSR count). The van der Waals surface area contributed by atoms with Crippen LogP contribution in [0.1, 0.15) is 245 Å². The van der Waals surface area contributed by atoms with E-state index in [1.165, 1.54) is 193 Å². The average Bonchev–Trinajstić information content (AvgIpc) is 3.03. The number of aliphatic carboxylic acids is 1. The van der Waals surface area contributed by atoms with Crippen LogP contribution in [0.4, 0.5) is 0 Å². The molecule has 0 fully saturated rings. The van der Waals surface area contributed by atoms with Crippen LogP contribution in [0.15, 0.2) is 0 Å². The van der Waals surface area contributed by atoms with Gasteiger partial charge in [0.15, 0.2) is 0 Å². The molecule has 0 aromatic rings. The molecular formula is C42H84KNO2. The van der Waals surface area contributed by atoms with Crippen molar-refractivity contribution in [3.8, 4) is 0 Å². The molecule has 0 bridgehead atoms. The summed E-state index contributed by atoms with van der Waals surface area (Å²) in [5, 5.41) is 12.0. The van der Waals surface area contributed by atoms with Crippen molar-refractivity contribution in [1.29, 1.82) is 0 Å². The van der Waals surface area contributed by atoms with Crippen molar-refractivity contribution < 1.29 is 61.3 Å². The van der Waals surface area contributed by atoms with Crippen LogP contribution in [-0.2, 0) is 4.79 Å². The van der Waals surface area contributed by atoms with Gasteiger partial charge in [0.1, 0.15) is 0 Å². The quantitative estimate of drug-likeness (QED) is 0.0482. The molecule has 46 heavy (non-hydrogen) atoms. The van der Waals surface area contributed by atoms with Gasteiger partial charge in [-0.25, -0.2) is 0 Å². The molecule has 0 saturated heterocycles. The molecule has 0 amide bonds. The normalized spacial score (nSPS) is 12.1. The van der Waals surface area contributed by atoms with E-state index in [9.17, 15) is 9.90 Å². The largest absolute Gasteiger partial charge is 1.00 e. The van der Waals surface area contributed by atoms with Crippen LogP contribution in [0.2, 0.25) is 0 Å². The summed E-state index contributed by atoms with van der Waals surface area (Å²) in [6.07, 6.45) is 46.8. The molecule has 0 saturated carbocycles. The van der Waals surface area contributed by atoms with E-state index in [1.54, 1.807) is 0 Å². The molecule has 1 unspecified atom stereocenters. The number of hydrogen-bond acceptors (Lipinski definition) is 3. The molecule has 0 spiro atoms. The number of rotatable bonds is 39. The van der Waals surface area contributed by atoms with Crippen molar-refractivity contribution in [2.24, 2.45) is 0 Å². The Balaban J connectivity index is 0. The average molecular weight is 674 g/mol. The minimum atomic E-state index is -0.851.